The molecule has 0 aliphatic rings. The number of hydrogen-bond donors (Lipinski definition) is 1. The highest BCUT2D eigenvalue weighted by molar-refractivity contribution is 7.71. The van der Waals surface area contributed by atoms with Gasteiger partial charge in [-0.3, -0.25) is 4.57 Å². The summed E-state index contributed by atoms with van der Waals surface area (Å²) in [6.45, 7) is 5.13. The Labute approximate surface area is 119 Å². The Morgan fingerprint density at radius 1 is 1.32 bits per heavy atom. The van der Waals surface area contributed by atoms with Crippen molar-refractivity contribution in [1.29, 1.82) is 0 Å². The van der Waals surface area contributed by atoms with Crippen molar-refractivity contribution >= 4 is 18.2 Å². The van der Waals surface area contributed by atoms with Crippen LogP contribution in [0, 0.1) is 4.77 Å². The normalized spacial score (nSPS) is 10.9. The van der Waals surface area contributed by atoms with E-state index in [2.05, 4.69) is 53.2 Å². The Kier molecular flexibility index (Phi) is 4.37. The average Bonchev–Trinajstić information content (AvgIpc) is 2.79. The molecule has 0 unspecified atom stereocenters. The van der Waals surface area contributed by atoms with Crippen molar-refractivity contribution < 1.29 is 0 Å². The van der Waals surface area contributed by atoms with Crippen LogP contribution >= 0.6 is 12.2 Å². The fourth-order valence-electron chi connectivity index (χ4n) is 2.07. The van der Waals surface area contributed by atoms with E-state index in [1.54, 1.807) is 0 Å². The Morgan fingerprint density at radius 2 is 2.00 bits per heavy atom. The first-order valence-electron chi connectivity index (χ1n) is 6.51. The second-order valence-corrected chi connectivity index (χ2v) is 5.34. The highest BCUT2D eigenvalue weighted by Crippen LogP contribution is 2.16. The van der Waals surface area contributed by atoms with Crippen molar-refractivity contribution in [3.05, 3.63) is 40.7 Å². The van der Waals surface area contributed by atoms with E-state index in [9.17, 15) is 0 Å². The van der Waals surface area contributed by atoms with Crippen LogP contribution in [0.5, 0.6) is 0 Å². The van der Waals surface area contributed by atoms with Gasteiger partial charge in [-0.1, -0.05) is 30.3 Å². The number of H-pyrrole nitrogens is 1. The van der Waals surface area contributed by atoms with E-state index in [0.717, 1.165) is 18.9 Å². The van der Waals surface area contributed by atoms with Gasteiger partial charge in [0.15, 0.2) is 4.77 Å². The minimum absolute atomic E-state index is 0.306. The summed E-state index contributed by atoms with van der Waals surface area (Å²) >= 11 is 5.26. The Balaban J connectivity index is 2.08. The molecule has 0 bridgehead atoms. The molecule has 1 aromatic heterocycles. The van der Waals surface area contributed by atoms with Gasteiger partial charge in [0, 0.05) is 19.6 Å². The van der Waals surface area contributed by atoms with Crippen LogP contribution < -0.4 is 4.90 Å². The smallest absolute Gasteiger partial charge is 0.225 e. The lowest BCUT2D eigenvalue weighted by Crippen LogP contribution is -2.24. The maximum absolute atomic E-state index is 5.26. The number of nitrogens with zero attached hydrogens (tertiary/aromatic N) is 3. The summed E-state index contributed by atoms with van der Waals surface area (Å²) in [5.74, 6) is 0.899. The molecular formula is C14H20N4S. The zero-order valence-electron chi connectivity index (χ0n) is 11.6. The van der Waals surface area contributed by atoms with Gasteiger partial charge in [0.2, 0.25) is 5.95 Å². The highest BCUT2D eigenvalue weighted by atomic mass is 32.1. The third-order valence-electron chi connectivity index (χ3n) is 3.12. The molecule has 0 atom stereocenters. The number of anilines is 1. The predicted octanol–water partition coefficient (Wildman–Crippen LogP) is 3.20. The number of aromatic amines is 1. The predicted molar refractivity (Wildman–Crippen MR) is 81.2 cm³/mol. The summed E-state index contributed by atoms with van der Waals surface area (Å²) in [5, 5.41) is 7.19. The van der Waals surface area contributed by atoms with Gasteiger partial charge in [0.25, 0.3) is 0 Å². The van der Waals surface area contributed by atoms with Gasteiger partial charge in [-0.15, -0.1) is 5.10 Å². The van der Waals surface area contributed by atoms with E-state index in [0.29, 0.717) is 10.8 Å². The first kappa shape index (κ1) is 13.8. The van der Waals surface area contributed by atoms with Crippen molar-refractivity contribution in [1.82, 2.24) is 14.8 Å². The van der Waals surface area contributed by atoms with Gasteiger partial charge in [-0.2, -0.15) is 0 Å². The highest BCUT2D eigenvalue weighted by Gasteiger charge is 2.13. The molecule has 0 amide bonds. The number of benzene rings is 1. The summed E-state index contributed by atoms with van der Waals surface area (Å²) in [6, 6.07) is 10.8. The SMILES string of the molecule is CC(C)n1c(N(C)CCc2ccccc2)n[nH]c1=S. The molecule has 5 heteroatoms. The minimum atomic E-state index is 0.306. The zero-order valence-corrected chi connectivity index (χ0v) is 12.4. The van der Waals surface area contributed by atoms with Crippen molar-refractivity contribution in [3.8, 4) is 0 Å². The second-order valence-electron chi connectivity index (χ2n) is 4.95. The van der Waals surface area contributed by atoms with Gasteiger partial charge < -0.3 is 4.90 Å². The van der Waals surface area contributed by atoms with Crippen molar-refractivity contribution in [3.63, 3.8) is 0 Å². The molecule has 1 N–H and O–H groups in total. The fraction of sp³-hybridized carbons (Fsp3) is 0.429. The molecular weight excluding hydrogens is 256 g/mol. The zero-order chi connectivity index (χ0) is 13.8. The van der Waals surface area contributed by atoms with Crippen molar-refractivity contribution in [2.24, 2.45) is 0 Å². The number of rotatable bonds is 5. The Hall–Kier alpha value is -1.62. The summed E-state index contributed by atoms with van der Waals surface area (Å²) in [5.41, 5.74) is 1.33. The summed E-state index contributed by atoms with van der Waals surface area (Å²) in [7, 11) is 2.05. The molecule has 102 valence electrons. The number of aromatic nitrogens is 3. The van der Waals surface area contributed by atoms with Crippen LogP contribution in [-0.2, 0) is 6.42 Å². The molecule has 0 saturated carbocycles. The van der Waals surface area contributed by atoms with E-state index in [-0.39, 0.29) is 0 Å². The lowest BCUT2D eigenvalue weighted by atomic mass is 10.1. The van der Waals surface area contributed by atoms with Crippen LogP contribution in [-0.4, -0.2) is 28.4 Å². The van der Waals surface area contributed by atoms with E-state index in [4.69, 9.17) is 12.2 Å². The van der Waals surface area contributed by atoms with Crippen LogP contribution in [0.2, 0.25) is 0 Å². The molecule has 0 aliphatic carbocycles. The first-order valence-corrected chi connectivity index (χ1v) is 6.92. The summed E-state index contributed by atoms with van der Waals surface area (Å²) < 4.78 is 2.72. The minimum Gasteiger partial charge on any atom is -0.344 e. The third-order valence-corrected chi connectivity index (χ3v) is 3.41. The van der Waals surface area contributed by atoms with Crippen molar-refractivity contribution in [2.75, 3.05) is 18.5 Å². The van der Waals surface area contributed by atoms with E-state index in [1.165, 1.54) is 5.56 Å². The van der Waals surface area contributed by atoms with Crippen LogP contribution in [0.3, 0.4) is 0 Å². The molecule has 19 heavy (non-hydrogen) atoms. The molecule has 4 nitrogen and oxygen atoms in total. The van der Waals surface area contributed by atoms with Gasteiger partial charge in [-0.05, 0) is 38.0 Å². The van der Waals surface area contributed by atoms with Crippen LogP contribution in [0.15, 0.2) is 30.3 Å². The molecule has 0 fully saturated rings. The number of hydrogen-bond acceptors (Lipinski definition) is 3. The van der Waals surface area contributed by atoms with E-state index in [1.807, 2.05) is 17.7 Å². The molecule has 0 aliphatic heterocycles. The quantitative estimate of drug-likeness (QED) is 0.852. The largest absolute Gasteiger partial charge is 0.344 e. The molecule has 2 aromatic rings. The van der Waals surface area contributed by atoms with Crippen LogP contribution in [0.4, 0.5) is 5.95 Å². The third kappa shape index (κ3) is 3.23. The standard InChI is InChI=1S/C14H20N4S/c1-11(2)18-13(15-16-14(18)19)17(3)10-9-12-7-5-4-6-8-12/h4-8,11H,9-10H2,1-3H3,(H,16,19). The topological polar surface area (TPSA) is 36.9 Å². The summed E-state index contributed by atoms with van der Waals surface area (Å²) in [6.07, 6.45) is 0.995. The lowest BCUT2D eigenvalue weighted by Gasteiger charge is -2.20. The van der Waals surface area contributed by atoms with Crippen molar-refractivity contribution in [2.45, 2.75) is 26.3 Å². The Morgan fingerprint density at radius 3 is 2.63 bits per heavy atom. The van der Waals surface area contributed by atoms with Crippen LogP contribution in [0.25, 0.3) is 0 Å². The molecule has 0 radical (unpaired) electrons. The maximum atomic E-state index is 5.26. The van der Waals surface area contributed by atoms with Gasteiger partial charge >= 0.3 is 0 Å². The van der Waals surface area contributed by atoms with E-state index < -0.39 is 0 Å². The second kappa shape index (κ2) is 6.02. The molecule has 0 spiro atoms. The molecule has 0 saturated heterocycles. The van der Waals surface area contributed by atoms with Crippen LogP contribution in [0.1, 0.15) is 25.5 Å². The molecule has 1 aromatic carbocycles. The maximum Gasteiger partial charge on any atom is 0.225 e. The lowest BCUT2D eigenvalue weighted by molar-refractivity contribution is 0.583. The fourth-order valence-corrected chi connectivity index (χ4v) is 2.41. The Bertz CT molecular complexity index is 571. The van der Waals surface area contributed by atoms with E-state index >= 15 is 0 Å². The monoisotopic (exact) mass is 276 g/mol. The summed E-state index contributed by atoms with van der Waals surface area (Å²) in [4.78, 5) is 2.14. The van der Waals surface area contributed by atoms with Gasteiger partial charge in [0.05, 0.1) is 0 Å². The number of nitrogens with one attached hydrogen (secondary N) is 1. The average molecular weight is 276 g/mol. The van der Waals surface area contributed by atoms with Gasteiger partial charge in [-0.25, -0.2) is 5.10 Å². The molecule has 1 heterocycles. The first-order chi connectivity index (χ1) is 9.09. The number of likely N-dealkylation sites (N-methyl/N-ethyl adjacent to an activating group) is 1. The van der Waals surface area contributed by atoms with Gasteiger partial charge in [0.1, 0.15) is 0 Å². The molecule has 2 rings (SSSR count).